The Morgan fingerprint density at radius 3 is 2.53 bits per heavy atom. The Balaban J connectivity index is 1.38. The SMILES string of the molecule is CC(=O)c1nn2c3c(cc(OCC(C)C)cc13)CCCCCCC(=O)CC[C@@]13C[C@@H](C(=O)Cc4nc(C)ccc4C)N(C(=O)C2)[C@@H]1C3. The molecule has 2 bridgehead atoms. The third-order valence-electron chi connectivity index (χ3n) is 10.4. The van der Waals surface area contributed by atoms with Gasteiger partial charge in [0, 0.05) is 36.9 Å². The highest BCUT2D eigenvalue weighted by Crippen LogP contribution is 2.62. The van der Waals surface area contributed by atoms with Crippen molar-refractivity contribution in [2.75, 3.05) is 6.61 Å². The van der Waals surface area contributed by atoms with Crippen molar-refractivity contribution in [2.45, 2.75) is 124 Å². The Kier molecular flexibility index (Phi) is 9.36. The zero-order valence-electron chi connectivity index (χ0n) is 28.6. The van der Waals surface area contributed by atoms with Gasteiger partial charge in [0.25, 0.3) is 0 Å². The molecule has 1 amide bonds. The number of piperidine rings is 1. The normalized spacial score (nSPS) is 23.6. The van der Waals surface area contributed by atoms with E-state index in [1.165, 1.54) is 6.92 Å². The first-order valence-corrected chi connectivity index (χ1v) is 17.4. The van der Waals surface area contributed by atoms with E-state index in [1.54, 1.807) is 9.58 Å². The van der Waals surface area contributed by atoms with Crippen LogP contribution < -0.4 is 4.74 Å². The topological polar surface area (TPSA) is 111 Å². The van der Waals surface area contributed by atoms with E-state index in [2.05, 4.69) is 18.8 Å². The summed E-state index contributed by atoms with van der Waals surface area (Å²) in [4.78, 5) is 60.7. The molecular formula is C38H48N4O5. The van der Waals surface area contributed by atoms with Crippen molar-refractivity contribution in [1.29, 1.82) is 0 Å². The van der Waals surface area contributed by atoms with Gasteiger partial charge in [0.1, 0.15) is 23.8 Å². The van der Waals surface area contributed by atoms with E-state index in [1.807, 2.05) is 38.1 Å². The van der Waals surface area contributed by atoms with Crippen molar-refractivity contribution >= 4 is 34.2 Å². The quantitative estimate of drug-likeness (QED) is 0.278. The zero-order valence-corrected chi connectivity index (χ0v) is 28.6. The summed E-state index contributed by atoms with van der Waals surface area (Å²) in [6, 6.07) is 7.16. The van der Waals surface area contributed by atoms with Crippen LogP contribution in [0.4, 0.5) is 0 Å². The molecule has 3 aromatic rings. The van der Waals surface area contributed by atoms with E-state index < -0.39 is 6.04 Å². The number of amides is 1. The third kappa shape index (κ3) is 6.90. The second kappa shape index (κ2) is 13.3. The van der Waals surface area contributed by atoms with E-state index in [-0.39, 0.29) is 47.7 Å². The van der Waals surface area contributed by atoms with Gasteiger partial charge in [-0.05, 0) is 93.0 Å². The third-order valence-corrected chi connectivity index (χ3v) is 10.4. The summed E-state index contributed by atoms with van der Waals surface area (Å²) in [5.74, 6) is 0.936. The number of aryl methyl sites for hydroxylation is 3. The second-order valence-corrected chi connectivity index (χ2v) is 14.7. The van der Waals surface area contributed by atoms with Crippen LogP contribution >= 0.6 is 0 Å². The summed E-state index contributed by atoms with van der Waals surface area (Å²) in [6.45, 7) is 10.0. The van der Waals surface area contributed by atoms with E-state index >= 15 is 0 Å². The Labute approximate surface area is 277 Å². The van der Waals surface area contributed by atoms with Gasteiger partial charge in [-0.2, -0.15) is 5.10 Å². The Hall–Kier alpha value is -3.88. The Bertz CT molecular complexity index is 1720. The molecule has 3 atom stereocenters. The minimum Gasteiger partial charge on any atom is -0.493 e. The molecule has 0 spiro atoms. The van der Waals surface area contributed by atoms with Gasteiger partial charge < -0.3 is 9.64 Å². The molecule has 3 aliphatic rings. The van der Waals surface area contributed by atoms with Crippen LogP contribution in [0.25, 0.3) is 10.9 Å². The number of Topliss-reactive ketones (excluding diaryl/α,β-unsaturated/α-hetero) is 3. The second-order valence-electron chi connectivity index (χ2n) is 14.7. The van der Waals surface area contributed by atoms with E-state index in [0.29, 0.717) is 55.0 Å². The Morgan fingerprint density at radius 1 is 1.02 bits per heavy atom. The molecule has 4 heterocycles. The summed E-state index contributed by atoms with van der Waals surface area (Å²) < 4.78 is 7.82. The van der Waals surface area contributed by atoms with Crippen LogP contribution in [0.15, 0.2) is 24.3 Å². The summed E-state index contributed by atoms with van der Waals surface area (Å²) in [7, 11) is 0. The molecule has 0 radical (unpaired) electrons. The number of pyridine rings is 1. The fraction of sp³-hybridized carbons (Fsp3) is 0.579. The minimum atomic E-state index is -0.582. The van der Waals surface area contributed by atoms with Gasteiger partial charge in [-0.15, -0.1) is 0 Å². The lowest BCUT2D eigenvalue weighted by molar-refractivity contribution is -0.139. The van der Waals surface area contributed by atoms with E-state index in [4.69, 9.17) is 9.84 Å². The summed E-state index contributed by atoms with van der Waals surface area (Å²) in [5, 5.41) is 5.43. The highest BCUT2D eigenvalue weighted by Gasteiger charge is 2.66. The highest BCUT2D eigenvalue weighted by molar-refractivity contribution is 6.06. The smallest absolute Gasteiger partial charge is 0.245 e. The molecule has 1 aliphatic carbocycles. The molecule has 9 nitrogen and oxygen atoms in total. The van der Waals surface area contributed by atoms with Crippen molar-refractivity contribution in [3.8, 4) is 5.75 Å². The molecule has 2 fully saturated rings. The molecular weight excluding hydrogens is 592 g/mol. The van der Waals surface area contributed by atoms with Gasteiger partial charge in [-0.1, -0.05) is 32.8 Å². The number of hydrogen-bond donors (Lipinski definition) is 0. The zero-order chi connectivity index (χ0) is 33.5. The van der Waals surface area contributed by atoms with Crippen molar-refractivity contribution in [3.05, 3.63) is 52.5 Å². The van der Waals surface area contributed by atoms with Crippen LogP contribution in [0.5, 0.6) is 5.75 Å². The van der Waals surface area contributed by atoms with Crippen LogP contribution in [-0.2, 0) is 33.8 Å². The maximum atomic E-state index is 14.4. The minimum absolute atomic E-state index is 0.0192. The standard InChI is InChI=1S/C38H48N4O5/c1-23(2)22-47-29-16-27-10-8-6-7-9-11-28(44)14-15-38-19-32(33(45)18-31-24(3)12-13-25(4)39-31)42(34(38)20-38)35(46)21-41-37(27)30(17-29)36(40-41)26(5)43/h12-13,16-17,23,32,34H,6-11,14-15,18-22H2,1-5H3/t32-,34+,38-/m0/s1. The predicted molar refractivity (Wildman–Crippen MR) is 180 cm³/mol. The lowest BCUT2D eigenvalue weighted by atomic mass is 9.90. The van der Waals surface area contributed by atoms with Gasteiger partial charge in [0.2, 0.25) is 5.91 Å². The lowest BCUT2D eigenvalue weighted by Gasteiger charge is -2.27. The first-order valence-electron chi connectivity index (χ1n) is 17.4. The predicted octanol–water partition coefficient (Wildman–Crippen LogP) is 6.31. The van der Waals surface area contributed by atoms with Gasteiger partial charge in [0.05, 0.1) is 30.3 Å². The molecule has 6 rings (SSSR count). The monoisotopic (exact) mass is 640 g/mol. The van der Waals surface area contributed by atoms with Crippen LogP contribution in [0.3, 0.4) is 0 Å². The first-order chi connectivity index (χ1) is 22.5. The number of aromatic nitrogens is 3. The summed E-state index contributed by atoms with van der Waals surface area (Å²) in [5.41, 5.74) is 4.44. The number of nitrogens with zero attached hydrogens (tertiary/aromatic N) is 4. The Morgan fingerprint density at radius 2 is 1.79 bits per heavy atom. The van der Waals surface area contributed by atoms with Crippen LogP contribution in [0.1, 0.15) is 112 Å². The number of hydrogen-bond acceptors (Lipinski definition) is 7. The van der Waals surface area contributed by atoms with Crippen LogP contribution in [0.2, 0.25) is 0 Å². The number of benzene rings is 1. The van der Waals surface area contributed by atoms with Crippen molar-refractivity contribution < 1.29 is 23.9 Å². The molecule has 0 N–H and O–H groups in total. The molecule has 1 saturated carbocycles. The maximum Gasteiger partial charge on any atom is 0.245 e. The molecule has 2 aromatic heterocycles. The lowest BCUT2D eigenvalue weighted by Crippen LogP contribution is -2.45. The molecule has 0 unspecified atom stereocenters. The van der Waals surface area contributed by atoms with Crippen LogP contribution in [-0.4, -0.2) is 61.6 Å². The molecule has 250 valence electrons. The average Bonchev–Trinajstić information content (AvgIpc) is 3.43. The summed E-state index contributed by atoms with van der Waals surface area (Å²) in [6.07, 6.45) is 7.76. The fourth-order valence-corrected chi connectivity index (χ4v) is 7.77. The number of ether oxygens (including phenoxy) is 1. The maximum absolute atomic E-state index is 14.4. The largest absolute Gasteiger partial charge is 0.493 e. The number of carbonyl (C=O) groups excluding carboxylic acids is 4. The number of carbonyl (C=O) groups is 4. The highest BCUT2D eigenvalue weighted by atomic mass is 16.5. The van der Waals surface area contributed by atoms with Gasteiger partial charge >= 0.3 is 0 Å². The average molecular weight is 641 g/mol. The van der Waals surface area contributed by atoms with Crippen molar-refractivity contribution in [2.24, 2.45) is 11.3 Å². The van der Waals surface area contributed by atoms with Crippen molar-refractivity contribution in [1.82, 2.24) is 19.7 Å². The molecule has 9 heteroatoms. The first kappa shape index (κ1) is 33.0. The number of ketones is 3. The van der Waals surface area contributed by atoms with Crippen LogP contribution in [0, 0.1) is 25.2 Å². The molecule has 47 heavy (non-hydrogen) atoms. The van der Waals surface area contributed by atoms with E-state index in [0.717, 1.165) is 66.6 Å². The molecule has 2 aliphatic heterocycles. The molecule has 1 aromatic carbocycles. The van der Waals surface area contributed by atoms with Gasteiger partial charge in [0.15, 0.2) is 11.6 Å². The van der Waals surface area contributed by atoms with Gasteiger partial charge in [-0.3, -0.25) is 28.8 Å². The fourth-order valence-electron chi connectivity index (χ4n) is 7.77. The number of rotatable bonds is 7. The molecule has 1 saturated heterocycles. The van der Waals surface area contributed by atoms with E-state index in [9.17, 15) is 19.2 Å². The van der Waals surface area contributed by atoms with Crippen molar-refractivity contribution in [3.63, 3.8) is 0 Å². The van der Waals surface area contributed by atoms with Gasteiger partial charge in [-0.25, -0.2) is 0 Å². The summed E-state index contributed by atoms with van der Waals surface area (Å²) >= 11 is 0.